The van der Waals surface area contributed by atoms with Crippen molar-refractivity contribution in [1.82, 2.24) is 4.31 Å². The van der Waals surface area contributed by atoms with Gasteiger partial charge in [-0.15, -0.1) is 0 Å². The molecule has 1 heterocycles. The fraction of sp³-hybridized carbons (Fsp3) is 0.125. The second kappa shape index (κ2) is 8.62. The van der Waals surface area contributed by atoms with Crippen molar-refractivity contribution >= 4 is 31.7 Å². The fourth-order valence-corrected chi connectivity index (χ4v) is 5.62. The second-order valence-corrected chi connectivity index (χ2v) is 11.0. The first-order valence-corrected chi connectivity index (χ1v) is 12.9. The van der Waals surface area contributed by atoms with E-state index in [4.69, 9.17) is 8.92 Å². The molecule has 3 aromatic rings. The Kier molecular flexibility index (Phi) is 5.96. The Morgan fingerprint density at radius 1 is 0.765 bits per heavy atom. The van der Waals surface area contributed by atoms with Gasteiger partial charge in [0, 0.05) is 5.56 Å². The largest absolute Gasteiger partial charge is 0.497 e. The highest BCUT2D eigenvalue weighted by Crippen LogP contribution is 2.39. The minimum Gasteiger partial charge on any atom is -0.497 e. The molecular formula is C24H21NO7S2. The van der Waals surface area contributed by atoms with Crippen LogP contribution >= 0.6 is 0 Å². The number of amides is 1. The van der Waals surface area contributed by atoms with E-state index in [2.05, 4.69) is 0 Å². The number of carbonyl (C=O) groups is 1. The fourth-order valence-electron chi connectivity index (χ4n) is 3.41. The molecule has 1 aliphatic heterocycles. The van der Waals surface area contributed by atoms with Gasteiger partial charge in [-0.25, -0.2) is 8.42 Å². The van der Waals surface area contributed by atoms with Crippen molar-refractivity contribution in [1.29, 1.82) is 0 Å². The lowest BCUT2D eigenvalue weighted by atomic mass is 10.1. The molecule has 4 rings (SSSR count). The van der Waals surface area contributed by atoms with E-state index in [1.165, 1.54) is 49.6 Å². The van der Waals surface area contributed by atoms with Crippen LogP contribution in [0.3, 0.4) is 0 Å². The molecule has 0 saturated heterocycles. The van der Waals surface area contributed by atoms with Crippen LogP contribution in [0.5, 0.6) is 5.75 Å². The van der Waals surface area contributed by atoms with Crippen LogP contribution in [0, 0.1) is 13.8 Å². The average molecular weight is 500 g/mol. The highest BCUT2D eigenvalue weighted by Gasteiger charge is 2.42. The number of hydrogen-bond acceptors (Lipinski definition) is 7. The summed E-state index contributed by atoms with van der Waals surface area (Å²) in [4.78, 5) is 12.9. The maximum absolute atomic E-state index is 13.4. The summed E-state index contributed by atoms with van der Waals surface area (Å²) in [6.45, 7) is 3.61. The predicted molar refractivity (Wildman–Crippen MR) is 125 cm³/mol. The Bertz CT molecular complexity index is 1510. The van der Waals surface area contributed by atoms with Gasteiger partial charge in [0.15, 0.2) is 0 Å². The lowest BCUT2D eigenvalue weighted by molar-refractivity contribution is 0.0916. The molecular weight excluding hydrogens is 478 g/mol. The van der Waals surface area contributed by atoms with Crippen LogP contribution in [0.4, 0.5) is 0 Å². The average Bonchev–Trinajstić information content (AvgIpc) is 3.10. The molecule has 0 fully saturated rings. The quantitative estimate of drug-likeness (QED) is 0.374. The maximum atomic E-state index is 13.4. The van der Waals surface area contributed by atoms with Crippen molar-refractivity contribution < 1.29 is 30.6 Å². The zero-order valence-corrected chi connectivity index (χ0v) is 20.2. The Labute approximate surface area is 198 Å². The molecule has 0 bridgehead atoms. The molecule has 0 radical (unpaired) electrons. The summed E-state index contributed by atoms with van der Waals surface area (Å²) in [7, 11) is -7.24. The van der Waals surface area contributed by atoms with Crippen LogP contribution in [0.2, 0.25) is 0 Å². The van der Waals surface area contributed by atoms with Crippen LogP contribution in [0.1, 0.15) is 27.0 Å². The number of rotatable bonds is 6. The predicted octanol–water partition coefficient (Wildman–Crippen LogP) is 3.86. The van der Waals surface area contributed by atoms with Gasteiger partial charge < -0.3 is 8.92 Å². The summed E-state index contributed by atoms with van der Waals surface area (Å²) in [5, 5.41) is 0. The molecule has 0 spiro atoms. The molecule has 0 N–H and O–H groups in total. The number of carbonyl (C=O) groups excluding carboxylic acids is 1. The monoisotopic (exact) mass is 499 g/mol. The Hall–Kier alpha value is -3.63. The third-order valence-corrected chi connectivity index (χ3v) is 8.20. The van der Waals surface area contributed by atoms with E-state index in [9.17, 15) is 21.6 Å². The normalized spacial score (nSPS) is 14.9. The number of nitrogens with zero attached hydrogens (tertiary/aromatic N) is 1. The zero-order valence-electron chi connectivity index (χ0n) is 18.5. The van der Waals surface area contributed by atoms with E-state index >= 15 is 0 Å². The van der Waals surface area contributed by atoms with Gasteiger partial charge in [-0.05, 0) is 56.3 Å². The Morgan fingerprint density at radius 3 is 1.88 bits per heavy atom. The van der Waals surface area contributed by atoms with Crippen molar-refractivity contribution in [2.24, 2.45) is 0 Å². The van der Waals surface area contributed by atoms with Gasteiger partial charge in [0.1, 0.15) is 22.6 Å². The topological polar surface area (TPSA) is 107 Å². The van der Waals surface area contributed by atoms with Crippen molar-refractivity contribution in [2.75, 3.05) is 7.11 Å². The molecule has 1 amide bonds. The minimum absolute atomic E-state index is 0.0686. The molecule has 3 aromatic carbocycles. The van der Waals surface area contributed by atoms with E-state index in [0.717, 1.165) is 17.4 Å². The van der Waals surface area contributed by atoms with Gasteiger partial charge in [-0.3, -0.25) is 4.79 Å². The first kappa shape index (κ1) is 23.5. The molecule has 34 heavy (non-hydrogen) atoms. The van der Waals surface area contributed by atoms with Crippen LogP contribution in [-0.2, 0) is 24.3 Å². The second-order valence-electron chi connectivity index (χ2n) is 7.67. The van der Waals surface area contributed by atoms with Crippen LogP contribution in [-0.4, -0.2) is 34.2 Å². The number of ether oxygens (including phenoxy) is 1. The van der Waals surface area contributed by atoms with Gasteiger partial charge in [0.2, 0.25) is 0 Å². The number of hydrogen-bond donors (Lipinski definition) is 0. The summed E-state index contributed by atoms with van der Waals surface area (Å²) in [5.74, 6) is -0.478. The highest BCUT2D eigenvalue weighted by atomic mass is 32.2. The SMILES string of the molecule is COc1ccc2c(c1)/C(=C\OS(=O)(=O)c1ccc(C)cc1)N(S(=O)(=O)c1ccc(C)cc1)C2=O. The van der Waals surface area contributed by atoms with Gasteiger partial charge in [-0.2, -0.15) is 12.7 Å². The number of fused-ring (bicyclic) bond motifs is 1. The Morgan fingerprint density at radius 2 is 1.32 bits per heavy atom. The maximum Gasteiger partial charge on any atom is 0.338 e. The van der Waals surface area contributed by atoms with Gasteiger partial charge >= 0.3 is 10.1 Å². The molecule has 8 nitrogen and oxygen atoms in total. The number of sulfonamides is 1. The van der Waals surface area contributed by atoms with Gasteiger partial charge in [0.25, 0.3) is 15.9 Å². The van der Waals surface area contributed by atoms with E-state index < -0.39 is 26.0 Å². The van der Waals surface area contributed by atoms with Crippen LogP contribution < -0.4 is 4.74 Å². The van der Waals surface area contributed by atoms with Crippen LogP contribution in [0.25, 0.3) is 5.70 Å². The summed E-state index contributed by atoms with van der Waals surface area (Å²) in [6, 6.07) is 16.3. The highest BCUT2D eigenvalue weighted by molar-refractivity contribution is 7.90. The van der Waals surface area contributed by atoms with Crippen molar-refractivity contribution in [3.8, 4) is 5.75 Å². The van der Waals surface area contributed by atoms with E-state index in [1.54, 1.807) is 31.2 Å². The molecule has 0 unspecified atom stereocenters. The van der Waals surface area contributed by atoms with Crippen molar-refractivity contribution in [2.45, 2.75) is 23.6 Å². The number of benzene rings is 3. The molecule has 176 valence electrons. The standard InChI is InChI=1S/C24H21NO7S2/c1-16-4-9-19(10-5-16)33(27,28)25-23(22-14-18(31-3)8-13-21(22)24(25)26)15-32-34(29,30)20-11-6-17(2)7-12-20/h4-15H,1-3H3/b23-15+. The van der Waals surface area contributed by atoms with E-state index in [-0.39, 0.29) is 26.6 Å². The third kappa shape index (κ3) is 4.17. The third-order valence-electron chi connectivity index (χ3n) is 5.29. The summed E-state index contributed by atoms with van der Waals surface area (Å²) >= 11 is 0. The molecule has 0 aliphatic carbocycles. The molecule has 0 saturated carbocycles. The van der Waals surface area contributed by atoms with Crippen LogP contribution in [0.15, 0.2) is 82.8 Å². The Balaban J connectivity index is 1.84. The summed E-state index contributed by atoms with van der Waals surface area (Å²) in [5.41, 5.74) is 1.69. The lowest BCUT2D eigenvalue weighted by Crippen LogP contribution is -2.31. The first-order valence-electron chi connectivity index (χ1n) is 10.1. The number of aryl methyl sites for hydroxylation is 2. The number of methoxy groups -OCH3 is 1. The molecule has 0 aromatic heterocycles. The smallest absolute Gasteiger partial charge is 0.338 e. The summed E-state index contributed by atoms with van der Waals surface area (Å²) < 4.78 is 63.2. The first-order chi connectivity index (χ1) is 16.0. The van der Waals surface area contributed by atoms with Crippen molar-refractivity contribution in [3.63, 3.8) is 0 Å². The van der Waals surface area contributed by atoms with E-state index in [0.29, 0.717) is 10.1 Å². The minimum atomic E-state index is -4.38. The summed E-state index contributed by atoms with van der Waals surface area (Å²) in [6.07, 6.45) is 0.768. The van der Waals surface area contributed by atoms with Gasteiger partial charge in [0.05, 0.1) is 17.6 Å². The molecule has 1 aliphatic rings. The van der Waals surface area contributed by atoms with Crippen molar-refractivity contribution in [3.05, 3.63) is 95.2 Å². The zero-order chi connectivity index (χ0) is 24.7. The van der Waals surface area contributed by atoms with Gasteiger partial charge in [-0.1, -0.05) is 35.4 Å². The van der Waals surface area contributed by atoms with E-state index in [1.807, 2.05) is 6.92 Å². The molecule has 10 heteroatoms. The lowest BCUT2D eigenvalue weighted by Gasteiger charge is -2.18. The molecule has 0 atom stereocenters.